The molecule has 1 N–H and O–H groups in total. The van der Waals surface area contributed by atoms with Gasteiger partial charge in [-0.25, -0.2) is 4.79 Å². The summed E-state index contributed by atoms with van der Waals surface area (Å²) in [5.74, 6) is -0.0257. The maximum atomic E-state index is 12.3. The average Bonchev–Trinajstić information content (AvgIpc) is 2.88. The van der Waals surface area contributed by atoms with Crippen molar-refractivity contribution in [1.82, 2.24) is 4.98 Å². The van der Waals surface area contributed by atoms with Gasteiger partial charge < -0.3 is 14.7 Å². The fraction of sp³-hybridized carbons (Fsp3) is 0.591. The Morgan fingerprint density at radius 1 is 1.46 bits per heavy atom. The summed E-state index contributed by atoms with van der Waals surface area (Å²) >= 11 is 0. The summed E-state index contributed by atoms with van der Waals surface area (Å²) in [5, 5.41) is 15.0. The number of rotatable bonds is 5. The second-order valence-electron chi connectivity index (χ2n) is 8.08. The molecule has 0 spiro atoms. The van der Waals surface area contributed by atoms with E-state index in [1.165, 1.54) is 7.11 Å². The molecule has 28 heavy (non-hydrogen) atoms. The Bertz CT molecular complexity index is 773. The predicted octanol–water partition coefficient (Wildman–Crippen LogP) is 3.44. The Labute approximate surface area is 166 Å². The molecule has 0 bridgehead atoms. The first kappa shape index (κ1) is 20.5. The summed E-state index contributed by atoms with van der Waals surface area (Å²) in [5.41, 5.74) is 1.10. The van der Waals surface area contributed by atoms with Crippen molar-refractivity contribution in [3.05, 3.63) is 35.7 Å². The number of pyridine rings is 1. The number of esters is 1. The molecule has 2 aliphatic rings. The van der Waals surface area contributed by atoms with Crippen LogP contribution >= 0.6 is 0 Å². The van der Waals surface area contributed by atoms with Gasteiger partial charge >= 0.3 is 5.97 Å². The second kappa shape index (κ2) is 8.03. The van der Waals surface area contributed by atoms with Gasteiger partial charge in [-0.3, -0.25) is 4.98 Å². The highest BCUT2D eigenvalue weighted by Crippen LogP contribution is 2.52. The molecule has 0 unspecified atom stereocenters. The van der Waals surface area contributed by atoms with Gasteiger partial charge in [0.15, 0.2) is 5.60 Å². The van der Waals surface area contributed by atoms with E-state index in [2.05, 4.69) is 30.1 Å². The van der Waals surface area contributed by atoms with Gasteiger partial charge in [-0.1, -0.05) is 31.5 Å². The van der Waals surface area contributed by atoms with Crippen LogP contribution in [0, 0.1) is 23.7 Å². The zero-order valence-electron chi connectivity index (χ0n) is 17.3. The lowest BCUT2D eigenvalue weighted by atomic mass is 9.59. The molecule has 2 fully saturated rings. The SMILES string of the molecule is CC[C@H]1[C@H](/C=C/c2ccc(/C(C)=N\OC)cn2)[C@@H]2[C@@H](C)OC(=O)[C@]2(O)C[C@@H]1C. The van der Waals surface area contributed by atoms with E-state index in [1.807, 2.05) is 32.1 Å². The van der Waals surface area contributed by atoms with Crippen molar-refractivity contribution in [2.75, 3.05) is 7.11 Å². The first-order chi connectivity index (χ1) is 13.3. The molecule has 0 radical (unpaired) electrons. The third-order valence-corrected chi connectivity index (χ3v) is 6.37. The fourth-order valence-corrected chi connectivity index (χ4v) is 5.06. The molecule has 6 nitrogen and oxygen atoms in total. The Hall–Kier alpha value is -2.21. The number of allylic oxidation sites excluding steroid dienone is 1. The number of aromatic nitrogens is 1. The summed E-state index contributed by atoms with van der Waals surface area (Å²) in [7, 11) is 1.52. The number of hydrogen-bond acceptors (Lipinski definition) is 6. The summed E-state index contributed by atoms with van der Waals surface area (Å²) in [6.07, 6.45) is 7.01. The van der Waals surface area contributed by atoms with E-state index in [1.54, 1.807) is 6.20 Å². The van der Waals surface area contributed by atoms with Crippen LogP contribution in [0.2, 0.25) is 0 Å². The van der Waals surface area contributed by atoms with Crippen molar-refractivity contribution in [2.24, 2.45) is 28.8 Å². The molecule has 1 aliphatic carbocycles. The van der Waals surface area contributed by atoms with Crippen LogP contribution in [0.3, 0.4) is 0 Å². The molecule has 1 saturated carbocycles. The average molecular weight is 386 g/mol. The van der Waals surface area contributed by atoms with Gasteiger partial charge in [-0.05, 0) is 56.2 Å². The van der Waals surface area contributed by atoms with Gasteiger partial charge in [0.1, 0.15) is 13.2 Å². The van der Waals surface area contributed by atoms with Crippen molar-refractivity contribution in [3.8, 4) is 0 Å². The lowest BCUT2D eigenvalue weighted by Gasteiger charge is -2.45. The maximum Gasteiger partial charge on any atom is 0.338 e. The zero-order valence-corrected chi connectivity index (χ0v) is 17.3. The molecule has 2 heterocycles. The number of fused-ring (bicyclic) bond motifs is 1. The number of oxime groups is 1. The molecule has 1 aromatic heterocycles. The molecular formula is C22H30N2O4. The summed E-state index contributed by atoms with van der Waals surface area (Å²) in [4.78, 5) is 21.6. The highest BCUT2D eigenvalue weighted by atomic mass is 16.6. The van der Waals surface area contributed by atoms with Crippen molar-refractivity contribution in [3.63, 3.8) is 0 Å². The van der Waals surface area contributed by atoms with Gasteiger partial charge in [-0.15, -0.1) is 0 Å². The van der Waals surface area contributed by atoms with E-state index >= 15 is 0 Å². The minimum absolute atomic E-state index is 0.0541. The van der Waals surface area contributed by atoms with Gasteiger partial charge in [-0.2, -0.15) is 0 Å². The summed E-state index contributed by atoms with van der Waals surface area (Å²) in [6.45, 7) is 8.03. The van der Waals surface area contributed by atoms with E-state index < -0.39 is 11.6 Å². The molecular weight excluding hydrogens is 356 g/mol. The minimum Gasteiger partial charge on any atom is -0.460 e. The molecule has 1 saturated heterocycles. The quantitative estimate of drug-likeness (QED) is 0.476. The normalized spacial score (nSPS) is 35.7. The lowest BCUT2D eigenvalue weighted by molar-refractivity contribution is -0.160. The van der Waals surface area contributed by atoms with Crippen LogP contribution < -0.4 is 0 Å². The van der Waals surface area contributed by atoms with E-state index in [0.717, 1.165) is 23.4 Å². The van der Waals surface area contributed by atoms with Crippen LogP contribution in [0.25, 0.3) is 6.08 Å². The van der Waals surface area contributed by atoms with Crippen LogP contribution in [0.5, 0.6) is 0 Å². The van der Waals surface area contributed by atoms with E-state index in [-0.39, 0.29) is 23.9 Å². The van der Waals surface area contributed by atoms with Gasteiger partial charge in [0.05, 0.1) is 11.4 Å². The third kappa shape index (κ3) is 3.58. The maximum absolute atomic E-state index is 12.3. The van der Waals surface area contributed by atoms with Gasteiger partial charge in [0.2, 0.25) is 0 Å². The highest BCUT2D eigenvalue weighted by Gasteiger charge is 2.62. The number of carbonyl (C=O) groups is 1. The lowest BCUT2D eigenvalue weighted by Crippen LogP contribution is -2.53. The van der Waals surface area contributed by atoms with E-state index in [0.29, 0.717) is 12.3 Å². The van der Waals surface area contributed by atoms with Crippen LogP contribution in [-0.4, -0.2) is 40.6 Å². The number of ether oxygens (including phenoxy) is 1. The summed E-state index contributed by atoms with van der Waals surface area (Å²) < 4.78 is 5.44. The molecule has 0 amide bonds. The first-order valence-electron chi connectivity index (χ1n) is 9.97. The number of nitrogens with zero attached hydrogens (tertiary/aromatic N) is 2. The second-order valence-corrected chi connectivity index (χ2v) is 8.08. The van der Waals surface area contributed by atoms with Gasteiger partial charge in [0.25, 0.3) is 0 Å². The Kier molecular flexibility index (Phi) is 5.89. The molecule has 0 aromatic carbocycles. The number of cyclic esters (lactones) is 1. The Balaban J connectivity index is 1.87. The smallest absolute Gasteiger partial charge is 0.338 e. The molecule has 6 atom stereocenters. The molecule has 1 aliphatic heterocycles. The first-order valence-corrected chi connectivity index (χ1v) is 9.97. The molecule has 6 heteroatoms. The zero-order chi connectivity index (χ0) is 20.5. The van der Waals surface area contributed by atoms with E-state index in [4.69, 9.17) is 9.57 Å². The van der Waals surface area contributed by atoms with Crippen LogP contribution in [0.1, 0.15) is 51.8 Å². The molecule has 1 aromatic rings. The van der Waals surface area contributed by atoms with Crippen molar-refractivity contribution >= 4 is 17.8 Å². The number of aliphatic hydroxyl groups is 1. The number of carbonyl (C=O) groups excluding carboxylic acids is 1. The van der Waals surface area contributed by atoms with Crippen molar-refractivity contribution in [2.45, 2.75) is 52.2 Å². The fourth-order valence-electron chi connectivity index (χ4n) is 5.06. The minimum atomic E-state index is -1.38. The van der Waals surface area contributed by atoms with Crippen LogP contribution in [-0.2, 0) is 14.4 Å². The monoisotopic (exact) mass is 386 g/mol. The predicted molar refractivity (Wildman–Crippen MR) is 108 cm³/mol. The Morgan fingerprint density at radius 2 is 2.21 bits per heavy atom. The number of hydrogen-bond donors (Lipinski definition) is 1. The van der Waals surface area contributed by atoms with Crippen molar-refractivity contribution < 1.29 is 19.5 Å². The standard InChI is InChI=1S/C22H30N2O4/c1-6-18-13(2)11-22(26)20(15(4)28-21(22)25)19(18)10-9-17-8-7-16(12-23-17)14(3)24-27-5/h7-10,12-13,15,18-20,26H,6,11H2,1-5H3/b10-9+,24-14-/t13-,15+,18+,19-,20-,22-/m0/s1. The largest absolute Gasteiger partial charge is 0.460 e. The molecule has 3 rings (SSSR count). The van der Waals surface area contributed by atoms with Gasteiger partial charge in [0, 0.05) is 17.7 Å². The third-order valence-electron chi connectivity index (χ3n) is 6.37. The van der Waals surface area contributed by atoms with E-state index in [9.17, 15) is 9.90 Å². The van der Waals surface area contributed by atoms with Crippen LogP contribution in [0.4, 0.5) is 0 Å². The topological polar surface area (TPSA) is 81.0 Å². The summed E-state index contributed by atoms with van der Waals surface area (Å²) in [6, 6.07) is 3.88. The van der Waals surface area contributed by atoms with Crippen molar-refractivity contribution in [1.29, 1.82) is 0 Å². The Morgan fingerprint density at radius 3 is 2.82 bits per heavy atom. The van der Waals surface area contributed by atoms with Crippen LogP contribution in [0.15, 0.2) is 29.6 Å². The molecule has 152 valence electrons. The highest BCUT2D eigenvalue weighted by molar-refractivity contribution is 5.98.